The standard InChI is InChI=1S/C41H55N7O7.Pd/c1-8-26-20(2)29-17-34-37(24(6)50)22(4)31(46-34)15-30-21(3)27(10-11-35(52)44-18-25(51)19-49)39(47-30)28(14-36(53)55-7)40-38(41(54)43-13-9-12-42)23(5)32(48-40)16-33(26)45-29;/h15-17,20-21,25-27,45,49-51H,8-14,18-19,42H2,1-7H3,(H,43,54)(H,44,52);/q;+2/p-2/b29-17?,30-15?,33-16?,37-24+,40-28?;/t20-,21+,25?,26-,27+;/m1./s1. The van der Waals surface area contributed by atoms with Crippen LogP contribution < -0.4 is 26.6 Å². The van der Waals surface area contributed by atoms with Crippen LogP contribution in [0.4, 0.5) is 0 Å². The fourth-order valence-corrected chi connectivity index (χ4v) is 7.79. The molecule has 6 N–H and O–H groups in total. The van der Waals surface area contributed by atoms with Crippen molar-refractivity contribution in [3.8, 4) is 0 Å². The Morgan fingerprint density at radius 2 is 1.77 bits per heavy atom. The maximum Gasteiger partial charge on any atom is 2.00 e. The van der Waals surface area contributed by atoms with Crippen molar-refractivity contribution in [2.45, 2.75) is 79.8 Å². The molecule has 56 heavy (non-hydrogen) atoms. The van der Waals surface area contributed by atoms with Gasteiger partial charge in [0.2, 0.25) is 5.91 Å². The minimum atomic E-state index is -1.10. The maximum atomic E-state index is 14.0. The van der Waals surface area contributed by atoms with E-state index in [0.717, 1.165) is 17.8 Å². The summed E-state index contributed by atoms with van der Waals surface area (Å²) in [5.41, 5.74) is 13.0. The molecule has 0 saturated carbocycles. The van der Waals surface area contributed by atoms with Crippen molar-refractivity contribution in [3.05, 3.63) is 80.3 Å². The fourth-order valence-electron chi connectivity index (χ4n) is 7.79. The summed E-state index contributed by atoms with van der Waals surface area (Å²) in [6, 6.07) is 0. The summed E-state index contributed by atoms with van der Waals surface area (Å²) in [5, 5.41) is 52.4. The molecule has 0 aromatic heterocycles. The number of aliphatic hydroxyl groups is 2. The van der Waals surface area contributed by atoms with Crippen LogP contribution in [0.1, 0.15) is 73.6 Å². The number of rotatable bonds is 13. The molecule has 8 bridgehead atoms. The van der Waals surface area contributed by atoms with E-state index in [0.29, 0.717) is 63.8 Å². The number of aliphatic hydroxyl groups excluding tert-OH is 2. The molecule has 0 radical (unpaired) electrons. The van der Waals surface area contributed by atoms with Gasteiger partial charge in [-0.3, -0.25) is 14.6 Å². The minimum Gasteiger partial charge on any atom is -0.875 e. The Balaban J connectivity index is 0.00000696. The molecule has 1 saturated heterocycles. The number of nitrogens with one attached hydrogen (secondary N) is 2. The SMILES string of the molecule is CC[C@H]1C2=CC3=NC(=C(CC(=O)OC)C4=NC(=CC5=C(C)/C(=C(/C)[O-])C(=N5)C=C(N2)[C@@H]1C)[C@@H](C)[C@@H]4CCC(=O)NCC(O)CO)C(C([O-])=NCCCN)=C3C.[Pd+2]. The Morgan fingerprint density at radius 3 is 2.41 bits per heavy atom. The smallest absolute Gasteiger partial charge is 0.875 e. The molecule has 5 rings (SSSR count). The van der Waals surface area contributed by atoms with E-state index in [1.165, 1.54) is 14.0 Å². The molecule has 1 fully saturated rings. The zero-order valence-corrected chi connectivity index (χ0v) is 34.7. The fraction of sp³-hybridized carbons (Fsp3) is 0.512. The van der Waals surface area contributed by atoms with E-state index < -0.39 is 30.5 Å². The quantitative estimate of drug-likeness (QED) is 0.0455. The van der Waals surface area contributed by atoms with Crippen molar-refractivity contribution < 1.29 is 55.2 Å². The number of nitrogens with zero attached hydrogens (tertiary/aromatic N) is 4. The summed E-state index contributed by atoms with van der Waals surface area (Å²) in [4.78, 5) is 45.8. The van der Waals surface area contributed by atoms with Gasteiger partial charge in [-0.15, -0.1) is 5.76 Å². The van der Waals surface area contributed by atoms with E-state index in [1.807, 2.05) is 39.0 Å². The second-order valence-corrected chi connectivity index (χ2v) is 14.6. The molecule has 0 aliphatic carbocycles. The number of hydrogen-bond donors (Lipinski definition) is 5. The predicted octanol–water partition coefficient (Wildman–Crippen LogP) is 1.93. The number of aliphatic imine (C=N–C) groups is 4. The molecule has 5 heterocycles. The first-order valence-electron chi connectivity index (χ1n) is 19.0. The van der Waals surface area contributed by atoms with E-state index in [1.54, 1.807) is 0 Å². The van der Waals surface area contributed by atoms with Crippen LogP contribution in [-0.2, 0) is 34.7 Å². The van der Waals surface area contributed by atoms with Gasteiger partial charge in [0.25, 0.3) is 0 Å². The molecule has 1 unspecified atom stereocenters. The van der Waals surface area contributed by atoms with Crippen LogP contribution in [0.2, 0.25) is 0 Å². The summed E-state index contributed by atoms with van der Waals surface area (Å²) in [7, 11) is 1.29. The number of carbonyl (C=O) groups excluding carboxylic acids is 2. The number of methoxy groups -OCH3 is 1. The number of nitrogens with two attached hydrogens (primary N) is 1. The molecular formula is C41H53N7O7Pd. The van der Waals surface area contributed by atoms with E-state index in [9.17, 15) is 30.0 Å². The number of hydrogen-bond acceptors (Lipinski definition) is 13. The Kier molecular flexibility index (Phi) is 15.3. The van der Waals surface area contributed by atoms with Crippen LogP contribution in [0.25, 0.3) is 0 Å². The Morgan fingerprint density at radius 1 is 1.05 bits per heavy atom. The van der Waals surface area contributed by atoms with Crippen molar-refractivity contribution in [2.75, 3.05) is 33.4 Å². The monoisotopic (exact) mass is 861 g/mol. The predicted molar refractivity (Wildman–Crippen MR) is 208 cm³/mol. The van der Waals surface area contributed by atoms with Crippen molar-refractivity contribution >= 4 is 34.9 Å². The summed E-state index contributed by atoms with van der Waals surface area (Å²) in [6.45, 7) is 11.4. The second-order valence-electron chi connectivity index (χ2n) is 14.6. The normalized spacial score (nSPS) is 24.8. The first-order chi connectivity index (χ1) is 26.2. The van der Waals surface area contributed by atoms with Gasteiger partial charge in [0.1, 0.15) is 0 Å². The summed E-state index contributed by atoms with van der Waals surface area (Å²) < 4.78 is 5.18. The Labute approximate surface area is 342 Å². The minimum absolute atomic E-state index is 0. The molecule has 0 aromatic rings. The number of esters is 1. The maximum absolute atomic E-state index is 14.0. The van der Waals surface area contributed by atoms with Gasteiger partial charge in [0, 0.05) is 71.4 Å². The third kappa shape index (κ3) is 9.30. The molecule has 0 aromatic carbocycles. The van der Waals surface area contributed by atoms with Gasteiger partial charge in [-0.25, -0.2) is 9.98 Å². The van der Waals surface area contributed by atoms with Crippen molar-refractivity contribution in [3.63, 3.8) is 0 Å². The Hall–Kier alpha value is -4.26. The number of ether oxygens (including phenoxy) is 1. The Bertz CT molecular complexity index is 1960. The summed E-state index contributed by atoms with van der Waals surface area (Å²) >= 11 is 0. The van der Waals surface area contributed by atoms with Crippen LogP contribution in [-0.4, -0.2) is 84.6 Å². The third-order valence-electron chi connectivity index (χ3n) is 11.0. The van der Waals surface area contributed by atoms with Crippen LogP contribution in [0, 0.1) is 23.7 Å². The number of amides is 1. The molecule has 14 nitrogen and oxygen atoms in total. The molecule has 1 amide bonds. The van der Waals surface area contributed by atoms with Gasteiger partial charge < -0.3 is 46.5 Å². The van der Waals surface area contributed by atoms with Gasteiger partial charge in [-0.1, -0.05) is 27.7 Å². The molecule has 5 aliphatic rings. The third-order valence-corrected chi connectivity index (χ3v) is 11.0. The van der Waals surface area contributed by atoms with Gasteiger partial charge in [-0.2, -0.15) is 0 Å². The zero-order chi connectivity index (χ0) is 40.1. The van der Waals surface area contributed by atoms with Crippen molar-refractivity contribution in [2.24, 2.45) is 49.4 Å². The average molecular weight is 862 g/mol. The number of fused-ring (bicyclic) bond motifs is 5. The van der Waals surface area contributed by atoms with Crippen LogP contribution in [0.5, 0.6) is 0 Å². The topological polar surface area (TPSA) is 229 Å². The molecule has 15 heteroatoms. The molecule has 304 valence electrons. The summed E-state index contributed by atoms with van der Waals surface area (Å²) in [6.07, 6.45) is 6.02. The van der Waals surface area contributed by atoms with Gasteiger partial charge in [0.15, 0.2) is 0 Å². The van der Waals surface area contributed by atoms with Crippen LogP contribution in [0.15, 0.2) is 100 Å². The molecule has 5 aliphatic heterocycles. The second kappa shape index (κ2) is 19.3. The van der Waals surface area contributed by atoms with Gasteiger partial charge >= 0.3 is 26.4 Å². The van der Waals surface area contributed by atoms with E-state index in [2.05, 4.69) is 29.5 Å². The first-order valence-corrected chi connectivity index (χ1v) is 19.0. The van der Waals surface area contributed by atoms with E-state index in [4.69, 9.17) is 25.4 Å². The first kappa shape index (κ1) is 44.5. The average Bonchev–Trinajstić information content (AvgIpc) is 3.84. The van der Waals surface area contributed by atoms with Crippen LogP contribution in [0.3, 0.4) is 0 Å². The van der Waals surface area contributed by atoms with Crippen molar-refractivity contribution in [1.29, 1.82) is 0 Å². The number of carbonyl (C=O) groups is 2. The van der Waals surface area contributed by atoms with Gasteiger partial charge in [0.05, 0.1) is 54.8 Å². The van der Waals surface area contributed by atoms with Crippen LogP contribution >= 0.6 is 0 Å². The van der Waals surface area contributed by atoms with Gasteiger partial charge in [-0.05, 0) is 80.5 Å². The zero-order valence-electron chi connectivity index (χ0n) is 33.1. The van der Waals surface area contributed by atoms with E-state index >= 15 is 0 Å². The molecule has 0 spiro atoms. The van der Waals surface area contributed by atoms with E-state index in [-0.39, 0.29) is 93.5 Å². The molecule has 5 atom stereocenters. The number of allylic oxidation sites excluding steroid dienone is 10. The largest absolute Gasteiger partial charge is 2.00 e. The molecular weight excluding hydrogens is 809 g/mol. The van der Waals surface area contributed by atoms with Crippen molar-refractivity contribution in [1.82, 2.24) is 10.6 Å². The summed E-state index contributed by atoms with van der Waals surface area (Å²) in [5.74, 6) is -2.11.